The highest BCUT2D eigenvalue weighted by atomic mass is 14.6. The minimum Gasteiger partial charge on any atom is -0.256 e. The standard InChI is InChI=1S/C39H25N/c1-2-12-27(13-3-1)38-33-17-7-8-18-34(33)39(32-19-10-15-26-11-4-6-16-31(26)32)35-22-21-28(24-36(35)38)30-23-29-14-5-9-20-37(29)40-25-30/h1-25H. The molecule has 1 aromatic heterocycles. The van der Waals surface area contributed by atoms with E-state index in [0.717, 1.165) is 16.5 Å². The molecule has 186 valence electrons. The highest BCUT2D eigenvalue weighted by Crippen LogP contribution is 2.46. The number of fused-ring (bicyclic) bond motifs is 4. The summed E-state index contributed by atoms with van der Waals surface area (Å²) in [6, 6.07) is 52.5. The Morgan fingerprint density at radius 3 is 1.85 bits per heavy atom. The monoisotopic (exact) mass is 507 g/mol. The van der Waals surface area contributed by atoms with E-state index in [2.05, 4.69) is 140 Å². The average Bonchev–Trinajstić information content (AvgIpc) is 3.03. The molecule has 0 N–H and O–H groups in total. The van der Waals surface area contributed by atoms with Crippen molar-refractivity contribution in [3.63, 3.8) is 0 Å². The summed E-state index contributed by atoms with van der Waals surface area (Å²) in [7, 11) is 0. The van der Waals surface area contributed by atoms with Gasteiger partial charge in [0.15, 0.2) is 0 Å². The fourth-order valence-electron chi connectivity index (χ4n) is 6.24. The molecule has 0 radical (unpaired) electrons. The van der Waals surface area contributed by atoms with Gasteiger partial charge in [0.1, 0.15) is 0 Å². The molecule has 1 nitrogen and oxygen atoms in total. The van der Waals surface area contributed by atoms with E-state index in [1.54, 1.807) is 0 Å². The number of pyridine rings is 1. The molecule has 8 aromatic rings. The van der Waals surface area contributed by atoms with Crippen LogP contribution in [0.25, 0.3) is 76.6 Å². The second kappa shape index (κ2) is 9.18. The molecule has 0 saturated heterocycles. The number of rotatable bonds is 3. The minimum atomic E-state index is 1.02. The molecule has 1 heteroatoms. The molecule has 1 heterocycles. The Morgan fingerprint density at radius 2 is 1.00 bits per heavy atom. The molecule has 0 atom stereocenters. The zero-order chi connectivity index (χ0) is 26.5. The second-order valence-electron chi connectivity index (χ2n) is 10.4. The Hall–Kier alpha value is -5.27. The summed E-state index contributed by atoms with van der Waals surface area (Å²) in [5.74, 6) is 0. The first-order chi connectivity index (χ1) is 19.8. The van der Waals surface area contributed by atoms with Crippen molar-refractivity contribution in [3.8, 4) is 33.4 Å². The van der Waals surface area contributed by atoms with Gasteiger partial charge < -0.3 is 0 Å². The van der Waals surface area contributed by atoms with Crippen molar-refractivity contribution in [2.45, 2.75) is 0 Å². The topological polar surface area (TPSA) is 12.9 Å². The molecule has 40 heavy (non-hydrogen) atoms. The van der Waals surface area contributed by atoms with E-state index >= 15 is 0 Å². The van der Waals surface area contributed by atoms with Gasteiger partial charge in [-0.3, -0.25) is 4.98 Å². The van der Waals surface area contributed by atoms with Gasteiger partial charge >= 0.3 is 0 Å². The number of hydrogen-bond acceptors (Lipinski definition) is 1. The fraction of sp³-hybridized carbons (Fsp3) is 0. The van der Waals surface area contributed by atoms with E-state index in [1.165, 1.54) is 60.1 Å². The number of nitrogens with zero attached hydrogens (tertiary/aromatic N) is 1. The molecule has 0 aliphatic carbocycles. The second-order valence-corrected chi connectivity index (χ2v) is 10.4. The Labute approximate surface area is 233 Å². The number of aromatic nitrogens is 1. The highest BCUT2D eigenvalue weighted by Gasteiger charge is 2.18. The third-order valence-corrected chi connectivity index (χ3v) is 8.07. The maximum atomic E-state index is 4.77. The van der Waals surface area contributed by atoms with Crippen LogP contribution in [0.4, 0.5) is 0 Å². The van der Waals surface area contributed by atoms with Crippen molar-refractivity contribution >= 4 is 43.2 Å². The van der Waals surface area contributed by atoms with Crippen LogP contribution in [-0.4, -0.2) is 4.98 Å². The van der Waals surface area contributed by atoms with E-state index < -0.39 is 0 Å². The van der Waals surface area contributed by atoms with Crippen LogP contribution >= 0.6 is 0 Å². The van der Waals surface area contributed by atoms with Crippen LogP contribution in [-0.2, 0) is 0 Å². The number of para-hydroxylation sites is 1. The molecular formula is C39H25N. The zero-order valence-corrected chi connectivity index (χ0v) is 21.9. The van der Waals surface area contributed by atoms with Crippen molar-refractivity contribution < 1.29 is 0 Å². The molecule has 0 aliphatic rings. The van der Waals surface area contributed by atoms with Crippen molar-refractivity contribution in [1.29, 1.82) is 0 Å². The number of hydrogen-bond donors (Lipinski definition) is 0. The Balaban J connectivity index is 1.51. The van der Waals surface area contributed by atoms with Crippen LogP contribution in [0.5, 0.6) is 0 Å². The van der Waals surface area contributed by atoms with Crippen molar-refractivity contribution in [2.75, 3.05) is 0 Å². The summed E-state index contributed by atoms with van der Waals surface area (Å²) < 4.78 is 0. The largest absolute Gasteiger partial charge is 0.256 e. The van der Waals surface area contributed by atoms with Crippen LogP contribution in [0.3, 0.4) is 0 Å². The van der Waals surface area contributed by atoms with Gasteiger partial charge in [0.2, 0.25) is 0 Å². The normalized spacial score (nSPS) is 11.5. The van der Waals surface area contributed by atoms with Crippen LogP contribution in [0.2, 0.25) is 0 Å². The summed E-state index contributed by atoms with van der Waals surface area (Å²) in [5.41, 5.74) is 8.35. The molecule has 0 aliphatic heterocycles. The summed E-state index contributed by atoms with van der Waals surface area (Å²) in [5, 5.41) is 8.71. The third-order valence-electron chi connectivity index (χ3n) is 8.07. The predicted octanol–water partition coefficient (Wildman–Crippen LogP) is 10.7. The first-order valence-electron chi connectivity index (χ1n) is 13.7. The number of benzene rings is 7. The lowest BCUT2D eigenvalue weighted by Gasteiger charge is -2.19. The Morgan fingerprint density at radius 1 is 0.350 bits per heavy atom. The van der Waals surface area contributed by atoms with Gasteiger partial charge in [0.25, 0.3) is 0 Å². The van der Waals surface area contributed by atoms with Crippen LogP contribution in [0.1, 0.15) is 0 Å². The van der Waals surface area contributed by atoms with Crippen molar-refractivity contribution in [2.24, 2.45) is 0 Å². The quantitative estimate of drug-likeness (QED) is 0.217. The fourth-order valence-corrected chi connectivity index (χ4v) is 6.24. The summed E-state index contributed by atoms with van der Waals surface area (Å²) >= 11 is 0. The maximum absolute atomic E-state index is 4.77. The van der Waals surface area contributed by atoms with E-state index in [1.807, 2.05) is 12.3 Å². The molecule has 0 unspecified atom stereocenters. The summed E-state index contributed by atoms with van der Waals surface area (Å²) in [6.07, 6.45) is 2.00. The molecule has 0 saturated carbocycles. The average molecular weight is 508 g/mol. The van der Waals surface area contributed by atoms with Crippen molar-refractivity contribution in [1.82, 2.24) is 4.98 Å². The first-order valence-corrected chi connectivity index (χ1v) is 13.7. The van der Waals surface area contributed by atoms with Gasteiger partial charge in [-0.1, -0.05) is 127 Å². The smallest absolute Gasteiger partial charge is 0.0702 e. The highest BCUT2D eigenvalue weighted by molar-refractivity contribution is 6.24. The molecule has 0 spiro atoms. The van der Waals surface area contributed by atoms with Crippen LogP contribution in [0.15, 0.2) is 152 Å². The van der Waals surface area contributed by atoms with Gasteiger partial charge in [-0.25, -0.2) is 0 Å². The molecule has 7 aromatic carbocycles. The molecule has 8 rings (SSSR count). The lowest BCUT2D eigenvalue weighted by molar-refractivity contribution is 1.41. The van der Waals surface area contributed by atoms with E-state index in [-0.39, 0.29) is 0 Å². The van der Waals surface area contributed by atoms with E-state index in [4.69, 9.17) is 4.98 Å². The van der Waals surface area contributed by atoms with Gasteiger partial charge in [-0.2, -0.15) is 0 Å². The molecule has 0 bridgehead atoms. The van der Waals surface area contributed by atoms with Crippen LogP contribution in [0, 0.1) is 0 Å². The van der Waals surface area contributed by atoms with Crippen molar-refractivity contribution in [3.05, 3.63) is 152 Å². The first kappa shape index (κ1) is 22.7. The lowest BCUT2D eigenvalue weighted by atomic mass is 9.84. The zero-order valence-electron chi connectivity index (χ0n) is 21.9. The van der Waals surface area contributed by atoms with Gasteiger partial charge in [0, 0.05) is 17.1 Å². The van der Waals surface area contributed by atoms with Gasteiger partial charge in [-0.15, -0.1) is 0 Å². The molecular weight excluding hydrogens is 482 g/mol. The van der Waals surface area contributed by atoms with Gasteiger partial charge in [-0.05, 0) is 78.3 Å². The lowest BCUT2D eigenvalue weighted by Crippen LogP contribution is -1.92. The molecule has 0 fully saturated rings. The van der Waals surface area contributed by atoms with E-state index in [9.17, 15) is 0 Å². The third kappa shape index (κ3) is 3.60. The SMILES string of the molecule is c1ccc(-c2c3ccccc3c(-c3cccc4ccccc34)c3ccc(-c4cnc5ccccc5c4)cc23)cc1. The van der Waals surface area contributed by atoms with E-state index in [0.29, 0.717) is 0 Å². The Kier molecular flexibility index (Phi) is 5.21. The predicted molar refractivity (Wildman–Crippen MR) is 171 cm³/mol. The minimum absolute atomic E-state index is 1.02. The molecule has 0 amide bonds. The maximum Gasteiger partial charge on any atom is 0.0702 e. The Bertz CT molecular complexity index is 2200. The van der Waals surface area contributed by atoms with Crippen LogP contribution < -0.4 is 0 Å². The van der Waals surface area contributed by atoms with Gasteiger partial charge in [0.05, 0.1) is 5.52 Å². The summed E-state index contributed by atoms with van der Waals surface area (Å²) in [6.45, 7) is 0. The summed E-state index contributed by atoms with van der Waals surface area (Å²) in [4.78, 5) is 4.77.